The van der Waals surface area contributed by atoms with E-state index in [1.807, 2.05) is 13.8 Å². The second-order valence-corrected chi connectivity index (χ2v) is 8.50. The van der Waals surface area contributed by atoms with E-state index >= 15 is 0 Å². The zero-order valence-electron chi connectivity index (χ0n) is 20.6. The van der Waals surface area contributed by atoms with Crippen LogP contribution in [0.1, 0.15) is 31.7 Å². The maximum atomic E-state index is 13.2. The van der Waals surface area contributed by atoms with Crippen LogP contribution in [0.2, 0.25) is 0 Å². The van der Waals surface area contributed by atoms with Crippen molar-refractivity contribution in [2.75, 3.05) is 24.4 Å². The highest BCUT2D eigenvalue weighted by atomic mass is 16.5. The summed E-state index contributed by atoms with van der Waals surface area (Å²) in [5.41, 5.74) is 7.45. The molecular formula is C27H28N4O5. The third-order valence-electron chi connectivity index (χ3n) is 5.62. The first kappa shape index (κ1) is 26.0. The molecule has 3 N–H and O–H groups in total. The number of ether oxygens (including phenoxy) is 2. The van der Waals surface area contributed by atoms with Gasteiger partial charge in [-0.3, -0.25) is 9.69 Å². The van der Waals surface area contributed by atoms with E-state index < -0.39 is 17.9 Å². The predicted octanol–water partition coefficient (Wildman–Crippen LogP) is 3.57. The van der Waals surface area contributed by atoms with Crippen molar-refractivity contribution in [2.24, 2.45) is 11.7 Å². The molecule has 0 radical (unpaired) electrons. The lowest BCUT2D eigenvalue weighted by atomic mass is 9.81. The van der Waals surface area contributed by atoms with Crippen LogP contribution in [0.3, 0.4) is 0 Å². The molecule has 3 rings (SSSR count). The molecule has 1 unspecified atom stereocenters. The molecule has 0 saturated carbocycles. The molecule has 1 amide bonds. The number of para-hydroxylation sites is 2. The maximum Gasteiger partial charge on any atom is 0.355 e. The van der Waals surface area contributed by atoms with Crippen molar-refractivity contribution in [1.82, 2.24) is 0 Å². The van der Waals surface area contributed by atoms with Crippen LogP contribution in [-0.4, -0.2) is 32.1 Å². The molecule has 9 nitrogen and oxygen atoms in total. The molecule has 1 aliphatic heterocycles. The predicted molar refractivity (Wildman–Crippen MR) is 134 cm³/mol. The fraction of sp³-hybridized carbons (Fsp3) is 0.259. The Kier molecular flexibility index (Phi) is 8.12. The van der Waals surface area contributed by atoms with Gasteiger partial charge in [-0.15, -0.1) is 0 Å². The van der Waals surface area contributed by atoms with Gasteiger partial charge in [-0.1, -0.05) is 56.3 Å². The van der Waals surface area contributed by atoms with Crippen LogP contribution in [0.5, 0.6) is 0 Å². The lowest BCUT2D eigenvalue weighted by Crippen LogP contribution is -2.41. The highest BCUT2D eigenvalue weighted by Gasteiger charge is 2.43. The second kappa shape index (κ2) is 11.2. The van der Waals surface area contributed by atoms with Crippen molar-refractivity contribution in [2.45, 2.75) is 26.2 Å². The number of esters is 2. The van der Waals surface area contributed by atoms with Crippen molar-refractivity contribution >= 4 is 29.2 Å². The SMILES string of the molecule is COC(=O)C1=C(C(=O)OC)N(c2ccccc2NC(=O)CC(C)C)C(N)=C(C#N)C1c1ccccc1. The molecule has 0 spiro atoms. The van der Waals surface area contributed by atoms with Crippen LogP contribution in [0.25, 0.3) is 0 Å². The minimum Gasteiger partial charge on any atom is -0.466 e. The van der Waals surface area contributed by atoms with Gasteiger partial charge in [0, 0.05) is 6.42 Å². The summed E-state index contributed by atoms with van der Waals surface area (Å²) in [4.78, 5) is 40.2. The van der Waals surface area contributed by atoms with Crippen molar-refractivity contribution in [1.29, 1.82) is 5.26 Å². The highest BCUT2D eigenvalue weighted by molar-refractivity contribution is 6.07. The number of rotatable bonds is 7. The maximum absolute atomic E-state index is 13.2. The molecule has 1 atom stereocenters. The first-order chi connectivity index (χ1) is 17.2. The molecule has 0 fully saturated rings. The Bertz CT molecular complexity index is 1270. The molecule has 0 aliphatic carbocycles. The quantitative estimate of drug-likeness (QED) is 0.565. The molecule has 2 aromatic carbocycles. The molecular weight excluding hydrogens is 460 g/mol. The lowest BCUT2D eigenvalue weighted by molar-refractivity contribution is -0.139. The van der Waals surface area contributed by atoms with E-state index in [1.54, 1.807) is 54.6 Å². The molecule has 0 bridgehead atoms. The first-order valence-electron chi connectivity index (χ1n) is 11.3. The summed E-state index contributed by atoms with van der Waals surface area (Å²) in [5.74, 6) is -2.86. The number of allylic oxidation sites excluding steroid dienone is 1. The Balaban J connectivity index is 2.34. The van der Waals surface area contributed by atoms with Gasteiger partial charge in [0.1, 0.15) is 11.5 Å². The monoisotopic (exact) mass is 488 g/mol. The van der Waals surface area contributed by atoms with E-state index in [9.17, 15) is 19.6 Å². The molecule has 0 saturated heterocycles. The van der Waals surface area contributed by atoms with E-state index in [2.05, 4.69) is 11.4 Å². The summed E-state index contributed by atoms with van der Waals surface area (Å²) in [6.07, 6.45) is 0.270. The van der Waals surface area contributed by atoms with Crippen molar-refractivity contribution in [3.05, 3.63) is 82.8 Å². The number of nitrogens with one attached hydrogen (secondary N) is 1. The van der Waals surface area contributed by atoms with Crippen LogP contribution >= 0.6 is 0 Å². The Morgan fingerprint density at radius 1 is 1.03 bits per heavy atom. The van der Waals surface area contributed by atoms with Gasteiger partial charge in [-0.05, 0) is 23.6 Å². The van der Waals surface area contributed by atoms with E-state index in [-0.39, 0.29) is 46.6 Å². The van der Waals surface area contributed by atoms with E-state index in [0.29, 0.717) is 11.3 Å². The summed E-state index contributed by atoms with van der Waals surface area (Å²) in [7, 11) is 2.36. The van der Waals surface area contributed by atoms with Gasteiger partial charge in [0.25, 0.3) is 0 Å². The average Bonchev–Trinajstić information content (AvgIpc) is 2.87. The number of hydrogen-bond donors (Lipinski definition) is 2. The van der Waals surface area contributed by atoms with Crippen molar-refractivity contribution in [3.63, 3.8) is 0 Å². The van der Waals surface area contributed by atoms with Crippen molar-refractivity contribution < 1.29 is 23.9 Å². The zero-order valence-corrected chi connectivity index (χ0v) is 20.6. The zero-order chi connectivity index (χ0) is 26.4. The number of carbonyl (C=O) groups is 3. The van der Waals surface area contributed by atoms with Gasteiger partial charge in [0.2, 0.25) is 5.91 Å². The highest BCUT2D eigenvalue weighted by Crippen LogP contribution is 2.44. The van der Waals surface area contributed by atoms with Gasteiger partial charge in [0.15, 0.2) is 0 Å². The molecule has 1 heterocycles. The van der Waals surface area contributed by atoms with E-state index in [0.717, 1.165) is 0 Å². The number of carbonyl (C=O) groups excluding carboxylic acids is 3. The molecule has 0 aromatic heterocycles. The van der Waals surface area contributed by atoms with Gasteiger partial charge in [0.05, 0.1) is 48.7 Å². The topological polar surface area (TPSA) is 135 Å². The Morgan fingerprint density at radius 3 is 2.22 bits per heavy atom. The van der Waals surface area contributed by atoms with Crippen LogP contribution in [-0.2, 0) is 23.9 Å². The molecule has 1 aliphatic rings. The minimum atomic E-state index is -0.975. The summed E-state index contributed by atoms with van der Waals surface area (Å²) in [6.45, 7) is 3.83. The molecule has 186 valence electrons. The standard InChI is InChI=1S/C27H28N4O5/c1-16(2)14-21(32)30-19-12-8-9-13-20(19)31-24(27(34)36-4)23(26(33)35-3)22(18(15-28)25(31)29)17-10-6-5-7-11-17/h5-13,16,22H,14,29H2,1-4H3,(H,30,32). The lowest BCUT2D eigenvalue weighted by Gasteiger charge is -2.36. The average molecular weight is 489 g/mol. The van der Waals surface area contributed by atoms with Crippen LogP contribution in [0.4, 0.5) is 11.4 Å². The summed E-state index contributed by atoms with van der Waals surface area (Å²) < 4.78 is 10.1. The van der Waals surface area contributed by atoms with Crippen LogP contribution in [0, 0.1) is 17.2 Å². The number of benzene rings is 2. The molecule has 36 heavy (non-hydrogen) atoms. The number of nitriles is 1. The largest absolute Gasteiger partial charge is 0.466 e. The Morgan fingerprint density at radius 2 is 1.64 bits per heavy atom. The minimum absolute atomic E-state index is 0.0394. The molecule has 2 aromatic rings. The second-order valence-electron chi connectivity index (χ2n) is 8.50. The number of methoxy groups -OCH3 is 2. The summed E-state index contributed by atoms with van der Waals surface area (Å²) >= 11 is 0. The van der Waals surface area contributed by atoms with E-state index in [4.69, 9.17) is 15.2 Å². The number of anilines is 2. The Labute approximate surface area is 209 Å². The fourth-order valence-corrected chi connectivity index (χ4v) is 4.11. The summed E-state index contributed by atoms with van der Waals surface area (Å²) in [5, 5.41) is 13.0. The smallest absolute Gasteiger partial charge is 0.355 e. The summed E-state index contributed by atoms with van der Waals surface area (Å²) in [6, 6.07) is 17.5. The first-order valence-corrected chi connectivity index (χ1v) is 11.3. The van der Waals surface area contributed by atoms with Gasteiger partial charge in [-0.2, -0.15) is 5.26 Å². The number of amides is 1. The third kappa shape index (κ3) is 5.08. The van der Waals surface area contributed by atoms with E-state index in [1.165, 1.54) is 19.1 Å². The number of hydrogen-bond acceptors (Lipinski definition) is 8. The number of nitrogens with two attached hydrogens (primary N) is 1. The molecule has 9 heteroatoms. The Hall–Kier alpha value is -4.58. The normalized spacial score (nSPS) is 15.4. The van der Waals surface area contributed by atoms with Gasteiger partial charge < -0.3 is 20.5 Å². The van der Waals surface area contributed by atoms with Gasteiger partial charge >= 0.3 is 11.9 Å². The third-order valence-corrected chi connectivity index (χ3v) is 5.62. The van der Waals surface area contributed by atoms with Crippen LogP contribution < -0.4 is 16.0 Å². The van der Waals surface area contributed by atoms with Gasteiger partial charge in [-0.25, -0.2) is 9.59 Å². The van der Waals surface area contributed by atoms with Crippen molar-refractivity contribution in [3.8, 4) is 6.07 Å². The number of nitrogens with zero attached hydrogens (tertiary/aromatic N) is 2. The fourth-order valence-electron chi connectivity index (χ4n) is 4.11. The van der Waals surface area contributed by atoms with Crippen LogP contribution in [0.15, 0.2) is 77.3 Å².